The van der Waals surface area contributed by atoms with Crippen LogP contribution in [0.4, 0.5) is 0 Å². The normalized spacial score (nSPS) is 12.5. The van der Waals surface area contributed by atoms with Crippen LogP contribution in [0.25, 0.3) is 0 Å². The van der Waals surface area contributed by atoms with Crippen LogP contribution in [-0.2, 0) is 14.3 Å². The molecule has 0 radical (unpaired) electrons. The van der Waals surface area contributed by atoms with E-state index in [1.807, 2.05) is 0 Å². The summed E-state index contributed by atoms with van der Waals surface area (Å²) in [5.74, 6) is -0.00727. The number of amides is 1. The van der Waals surface area contributed by atoms with Gasteiger partial charge < -0.3 is 20.3 Å². The van der Waals surface area contributed by atoms with Gasteiger partial charge in [0.05, 0.1) is 25.4 Å². The van der Waals surface area contributed by atoms with Gasteiger partial charge >= 0.3 is 5.97 Å². The predicted octanol–water partition coefficient (Wildman–Crippen LogP) is 20.6. The zero-order valence-corrected chi connectivity index (χ0v) is 48.5. The van der Waals surface area contributed by atoms with Crippen molar-refractivity contribution in [3.8, 4) is 0 Å². The van der Waals surface area contributed by atoms with Crippen LogP contribution < -0.4 is 5.32 Å². The number of aliphatic hydroxyl groups excluding tert-OH is 2. The van der Waals surface area contributed by atoms with Crippen LogP contribution in [0.15, 0.2) is 0 Å². The van der Waals surface area contributed by atoms with E-state index in [1.165, 1.54) is 308 Å². The molecule has 0 fully saturated rings. The summed E-state index contributed by atoms with van der Waals surface area (Å²) in [4.78, 5) is 24.5. The van der Waals surface area contributed by atoms with Crippen molar-refractivity contribution in [2.75, 3.05) is 13.2 Å². The topological polar surface area (TPSA) is 95.9 Å². The molecule has 0 saturated heterocycles. The molecule has 0 saturated carbocycles. The molecule has 6 heteroatoms. The van der Waals surface area contributed by atoms with Crippen molar-refractivity contribution in [2.45, 2.75) is 392 Å². The van der Waals surface area contributed by atoms with Gasteiger partial charge in [0.15, 0.2) is 0 Å². The summed E-state index contributed by atoms with van der Waals surface area (Å²) >= 11 is 0. The van der Waals surface area contributed by atoms with Crippen molar-refractivity contribution in [1.82, 2.24) is 5.32 Å². The highest BCUT2D eigenvalue weighted by Crippen LogP contribution is 2.19. The number of rotatable bonds is 62. The zero-order chi connectivity index (χ0) is 51.4. The van der Waals surface area contributed by atoms with Crippen molar-refractivity contribution >= 4 is 11.9 Å². The van der Waals surface area contributed by atoms with Gasteiger partial charge in [0.2, 0.25) is 5.91 Å². The lowest BCUT2D eigenvalue weighted by Gasteiger charge is -2.22. The molecule has 2 unspecified atom stereocenters. The Bertz CT molecular complexity index is 1020. The minimum absolute atomic E-state index is 0.0225. The largest absolute Gasteiger partial charge is 0.466 e. The first-order chi connectivity index (χ1) is 35.0. The average molecular weight is 1000 g/mol. The summed E-state index contributed by atoms with van der Waals surface area (Å²) in [6.07, 6.45) is 72.9. The van der Waals surface area contributed by atoms with E-state index in [1.54, 1.807) is 0 Å². The highest BCUT2D eigenvalue weighted by atomic mass is 16.5. The lowest BCUT2D eigenvalue weighted by atomic mass is 10.0. The summed E-state index contributed by atoms with van der Waals surface area (Å²) in [6, 6.07) is -0.535. The van der Waals surface area contributed by atoms with E-state index in [-0.39, 0.29) is 18.5 Å². The van der Waals surface area contributed by atoms with Gasteiger partial charge in [-0.2, -0.15) is 0 Å². The maximum Gasteiger partial charge on any atom is 0.305 e. The smallest absolute Gasteiger partial charge is 0.305 e. The van der Waals surface area contributed by atoms with Crippen LogP contribution in [0.3, 0.4) is 0 Å². The molecule has 1 amide bonds. The lowest BCUT2D eigenvalue weighted by molar-refractivity contribution is -0.143. The summed E-state index contributed by atoms with van der Waals surface area (Å²) in [7, 11) is 0. The van der Waals surface area contributed by atoms with Gasteiger partial charge in [0, 0.05) is 12.8 Å². The molecule has 0 heterocycles. The van der Waals surface area contributed by atoms with Gasteiger partial charge in [-0.25, -0.2) is 0 Å². The molecule has 0 aliphatic rings. The van der Waals surface area contributed by atoms with Crippen LogP contribution in [-0.4, -0.2) is 47.4 Å². The van der Waals surface area contributed by atoms with Gasteiger partial charge in [-0.05, 0) is 25.7 Å². The Balaban J connectivity index is 3.29. The molecule has 6 nitrogen and oxygen atoms in total. The van der Waals surface area contributed by atoms with Crippen molar-refractivity contribution in [1.29, 1.82) is 0 Å². The Kier molecular flexibility index (Phi) is 60.4. The molecule has 71 heavy (non-hydrogen) atoms. The number of carbonyl (C=O) groups is 2. The van der Waals surface area contributed by atoms with Crippen LogP contribution in [0, 0.1) is 0 Å². The molecule has 0 aliphatic carbocycles. The Morgan fingerprint density at radius 2 is 0.577 bits per heavy atom. The van der Waals surface area contributed by atoms with Gasteiger partial charge in [-0.3, -0.25) is 9.59 Å². The fourth-order valence-corrected chi connectivity index (χ4v) is 10.6. The Morgan fingerprint density at radius 3 is 0.859 bits per heavy atom. The SMILES string of the molecule is CCCCCCCCCCCCCCCC(=O)OCCCCCCCCCCCCCCCCCCCCCCCCCCCCCCCCC(=O)NC(CO)C(O)CCCCCCCCCCCCC. The predicted molar refractivity (Wildman–Crippen MR) is 310 cm³/mol. The van der Waals surface area contributed by atoms with Crippen molar-refractivity contribution < 1.29 is 24.5 Å². The van der Waals surface area contributed by atoms with E-state index in [0.717, 1.165) is 38.5 Å². The maximum absolute atomic E-state index is 12.5. The van der Waals surface area contributed by atoms with E-state index in [4.69, 9.17) is 4.74 Å². The van der Waals surface area contributed by atoms with Gasteiger partial charge in [-0.1, -0.05) is 341 Å². The number of nitrogens with one attached hydrogen (secondary N) is 1. The van der Waals surface area contributed by atoms with Crippen molar-refractivity contribution in [3.05, 3.63) is 0 Å². The second-order valence-corrected chi connectivity index (χ2v) is 22.8. The third kappa shape index (κ3) is 58.0. The van der Waals surface area contributed by atoms with Gasteiger partial charge in [-0.15, -0.1) is 0 Å². The third-order valence-electron chi connectivity index (χ3n) is 15.7. The highest BCUT2D eigenvalue weighted by molar-refractivity contribution is 5.76. The average Bonchev–Trinajstić information content (AvgIpc) is 3.37. The number of carbonyl (C=O) groups excluding carboxylic acids is 2. The number of ether oxygens (including phenoxy) is 1. The van der Waals surface area contributed by atoms with Gasteiger partial charge in [0.1, 0.15) is 0 Å². The summed E-state index contributed by atoms with van der Waals surface area (Å²) in [6.45, 7) is 4.98. The summed E-state index contributed by atoms with van der Waals surface area (Å²) < 4.78 is 5.49. The van der Waals surface area contributed by atoms with E-state index < -0.39 is 12.1 Å². The molecule has 0 aliphatic heterocycles. The number of esters is 1. The van der Waals surface area contributed by atoms with E-state index in [2.05, 4.69) is 19.2 Å². The molecule has 2 atom stereocenters. The van der Waals surface area contributed by atoms with Crippen LogP contribution in [0.2, 0.25) is 0 Å². The first kappa shape index (κ1) is 69.9. The molecule has 0 rings (SSSR count). The highest BCUT2D eigenvalue weighted by Gasteiger charge is 2.20. The summed E-state index contributed by atoms with van der Waals surface area (Å²) in [5.41, 5.74) is 0. The molecule has 3 N–H and O–H groups in total. The van der Waals surface area contributed by atoms with Crippen molar-refractivity contribution in [2.24, 2.45) is 0 Å². The number of hydrogen-bond donors (Lipinski definition) is 3. The zero-order valence-electron chi connectivity index (χ0n) is 48.5. The third-order valence-corrected chi connectivity index (χ3v) is 15.7. The van der Waals surface area contributed by atoms with E-state index in [9.17, 15) is 19.8 Å². The molecular weight excluding hydrogens is 875 g/mol. The monoisotopic (exact) mass is 1000 g/mol. The lowest BCUT2D eigenvalue weighted by Crippen LogP contribution is -2.45. The number of aliphatic hydroxyl groups is 2. The number of unbranched alkanes of at least 4 members (excludes halogenated alkanes) is 51. The molecule has 0 aromatic heterocycles. The summed E-state index contributed by atoms with van der Waals surface area (Å²) in [5, 5.41) is 23.2. The first-order valence-corrected chi connectivity index (χ1v) is 32.8. The van der Waals surface area contributed by atoms with Crippen LogP contribution in [0.5, 0.6) is 0 Å². The van der Waals surface area contributed by atoms with Crippen LogP contribution in [0.1, 0.15) is 380 Å². The first-order valence-electron chi connectivity index (χ1n) is 32.8. The molecule has 424 valence electrons. The Hall–Kier alpha value is -1.14. The molecule has 0 aromatic rings. The minimum atomic E-state index is -0.658. The quantitative estimate of drug-likeness (QED) is 0.0417. The van der Waals surface area contributed by atoms with Crippen molar-refractivity contribution in [3.63, 3.8) is 0 Å². The number of hydrogen-bond acceptors (Lipinski definition) is 5. The molecule has 0 bridgehead atoms. The standard InChI is InChI=1S/C65H129NO5/c1-3-5-7-9-11-13-15-34-39-43-47-51-55-59-65(70)71-60-56-52-48-44-40-36-33-31-29-27-25-23-21-19-17-16-18-20-22-24-26-28-30-32-35-38-42-46-50-54-58-64(69)66-62(61-67)63(68)57-53-49-45-41-37-14-12-10-8-6-4-2/h62-63,67-68H,3-61H2,1-2H3,(H,66,69). The molecule has 0 aromatic carbocycles. The van der Waals surface area contributed by atoms with E-state index in [0.29, 0.717) is 25.9 Å². The second-order valence-electron chi connectivity index (χ2n) is 22.8. The Labute approximate surface area is 445 Å². The van der Waals surface area contributed by atoms with Gasteiger partial charge in [0.25, 0.3) is 0 Å². The molecule has 0 spiro atoms. The maximum atomic E-state index is 12.5. The Morgan fingerprint density at radius 1 is 0.338 bits per heavy atom. The van der Waals surface area contributed by atoms with Crippen LogP contribution >= 0.6 is 0 Å². The minimum Gasteiger partial charge on any atom is -0.466 e. The second kappa shape index (κ2) is 61.4. The van der Waals surface area contributed by atoms with E-state index >= 15 is 0 Å². The fourth-order valence-electron chi connectivity index (χ4n) is 10.6. The fraction of sp³-hybridized carbons (Fsp3) is 0.969. The molecular formula is C65H129NO5.